The smallest absolute Gasteiger partial charge is 0.0529 e. The number of H-pyrrole nitrogens is 1. The highest BCUT2D eigenvalue weighted by molar-refractivity contribution is 7.12. The highest BCUT2D eigenvalue weighted by Crippen LogP contribution is 2.32. The van der Waals surface area contributed by atoms with Gasteiger partial charge in [-0.25, -0.2) is 0 Å². The molecule has 1 aliphatic rings. The molecule has 1 saturated heterocycles. The summed E-state index contributed by atoms with van der Waals surface area (Å²) in [4.78, 5) is 6.89. The standard InChI is InChI=1S/C19H21N3S/c1-22-7-6-14(12-22)16-11-21-18-5-4-13(9-15(16)18)10-17(20)19-3-2-8-23-19/h2-5,8-9,11,14,20-21H,6-7,10,12H2,1H3. The van der Waals surface area contributed by atoms with Gasteiger partial charge in [0, 0.05) is 34.9 Å². The lowest BCUT2D eigenvalue weighted by molar-refractivity contribution is 0.412. The molecule has 1 atom stereocenters. The zero-order valence-corrected chi connectivity index (χ0v) is 14.1. The summed E-state index contributed by atoms with van der Waals surface area (Å²) in [6.45, 7) is 2.32. The Labute approximate surface area is 140 Å². The van der Waals surface area contributed by atoms with E-state index >= 15 is 0 Å². The van der Waals surface area contributed by atoms with Crippen LogP contribution in [0.3, 0.4) is 0 Å². The van der Waals surface area contributed by atoms with E-state index in [9.17, 15) is 0 Å². The summed E-state index contributed by atoms with van der Waals surface area (Å²) in [6, 6.07) is 10.6. The molecule has 3 aromatic rings. The van der Waals surface area contributed by atoms with Gasteiger partial charge in [-0.2, -0.15) is 0 Å². The Morgan fingerprint density at radius 2 is 2.30 bits per heavy atom. The molecule has 1 aliphatic heterocycles. The third-order valence-corrected chi connectivity index (χ3v) is 5.74. The highest BCUT2D eigenvalue weighted by Gasteiger charge is 2.23. The van der Waals surface area contributed by atoms with Crippen molar-refractivity contribution in [1.82, 2.24) is 9.88 Å². The Bertz CT molecular complexity index is 832. The van der Waals surface area contributed by atoms with Crippen molar-refractivity contribution in [3.8, 4) is 0 Å². The molecule has 1 unspecified atom stereocenters. The van der Waals surface area contributed by atoms with Gasteiger partial charge in [0.25, 0.3) is 0 Å². The second kappa shape index (κ2) is 5.95. The predicted octanol–water partition coefficient (Wildman–Crippen LogP) is 4.26. The summed E-state index contributed by atoms with van der Waals surface area (Å²) in [5.41, 5.74) is 4.58. The fourth-order valence-corrected chi connectivity index (χ4v) is 4.24. The van der Waals surface area contributed by atoms with Gasteiger partial charge in [0.15, 0.2) is 0 Å². The third kappa shape index (κ3) is 2.84. The van der Waals surface area contributed by atoms with E-state index in [4.69, 9.17) is 5.41 Å². The number of benzene rings is 1. The van der Waals surface area contributed by atoms with Crippen LogP contribution in [0, 0.1) is 5.41 Å². The maximum atomic E-state index is 8.30. The van der Waals surface area contributed by atoms with Crippen molar-refractivity contribution in [3.63, 3.8) is 0 Å². The molecule has 2 aromatic heterocycles. The molecule has 4 heteroatoms. The van der Waals surface area contributed by atoms with Crippen LogP contribution in [-0.4, -0.2) is 35.7 Å². The lowest BCUT2D eigenvalue weighted by Gasteiger charge is -2.10. The zero-order chi connectivity index (χ0) is 15.8. The van der Waals surface area contributed by atoms with Crippen LogP contribution in [0.25, 0.3) is 10.9 Å². The first-order valence-electron chi connectivity index (χ1n) is 8.10. The Balaban J connectivity index is 1.63. The molecule has 1 fully saturated rings. The molecule has 23 heavy (non-hydrogen) atoms. The van der Waals surface area contributed by atoms with Crippen LogP contribution in [0.4, 0.5) is 0 Å². The summed E-state index contributed by atoms with van der Waals surface area (Å²) in [6.07, 6.45) is 4.12. The Kier molecular flexibility index (Phi) is 3.79. The van der Waals surface area contributed by atoms with E-state index in [1.165, 1.54) is 35.0 Å². The topological polar surface area (TPSA) is 42.9 Å². The van der Waals surface area contributed by atoms with Gasteiger partial charge in [-0.3, -0.25) is 0 Å². The maximum Gasteiger partial charge on any atom is 0.0529 e. The van der Waals surface area contributed by atoms with Crippen molar-refractivity contribution >= 4 is 28.0 Å². The molecule has 0 spiro atoms. The molecule has 0 bridgehead atoms. The first kappa shape index (κ1) is 14.7. The number of aromatic amines is 1. The predicted molar refractivity (Wildman–Crippen MR) is 98.0 cm³/mol. The van der Waals surface area contributed by atoms with Crippen LogP contribution >= 0.6 is 11.3 Å². The fraction of sp³-hybridized carbons (Fsp3) is 0.316. The van der Waals surface area contributed by atoms with Gasteiger partial charge in [-0.1, -0.05) is 12.1 Å². The first-order valence-corrected chi connectivity index (χ1v) is 8.98. The number of rotatable bonds is 4. The monoisotopic (exact) mass is 323 g/mol. The van der Waals surface area contributed by atoms with Gasteiger partial charge in [-0.05, 0) is 60.6 Å². The van der Waals surface area contributed by atoms with Crippen molar-refractivity contribution in [2.45, 2.75) is 18.8 Å². The third-order valence-electron chi connectivity index (χ3n) is 4.81. The largest absolute Gasteiger partial charge is 0.361 e. The number of aromatic nitrogens is 1. The zero-order valence-electron chi connectivity index (χ0n) is 13.3. The molecule has 1 aromatic carbocycles. The molecule has 0 radical (unpaired) electrons. The van der Waals surface area contributed by atoms with E-state index in [-0.39, 0.29) is 0 Å². The minimum atomic E-state index is 0.626. The van der Waals surface area contributed by atoms with Gasteiger partial charge in [0.2, 0.25) is 0 Å². The molecule has 3 heterocycles. The van der Waals surface area contributed by atoms with E-state index in [1.807, 2.05) is 17.5 Å². The van der Waals surface area contributed by atoms with E-state index in [0.717, 1.165) is 11.4 Å². The van der Waals surface area contributed by atoms with Crippen LogP contribution in [0.1, 0.15) is 28.3 Å². The number of fused-ring (bicyclic) bond motifs is 1. The highest BCUT2D eigenvalue weighted by atomic mass is 32.1. The number of hydrogen-bond donors (Lipinski definition) is 2. The molecule has 0 saturated carbocycles. The molecule has 0 aliphatic carbocycles. The first-order chi connectivity index (χ1) is 11.2. The average Bonchev–Trinajstić information content (AvgIpc) is 3.26. The summed E-state index contributed by atoms with van der Waals surface area (Å²) >= 11 is 1.64. The van der Waals surface area contributed by atoms with Gasteiger partial charge < -0.3 is 15.3 Å². The average molecular weight is 323 g/mol. The quantitative estimate of drug-likeness (QED) is 0.692. The van der Waals surface area contributed by atoms with E-state index in [1.54, 1.807) is 11.3 Å². The summed E-state index contributed by atoms with van der Waals surface area (Å²) in [5.74, 6) is 0.626. The van der Waals surface area contributed by atoms with Crippen molar-refractivity contribution in [1.29, 1.82) is 5.41 Å². The van der Waals surface area contributed by atoms with E-state index < -0.39 is 0 Å². The number of nitrogens with one attached hydrogen (secondary N) is 2. The van der Waals surface area contributed by atoms with Crippen LogP contribution in [0.15, 0.2) is 41.9 Å². The molecule has 3 nitrogen and oxygen atoms in total. The molecule has 4 rings (SSSR count). The van der Waals surface area contributed by atoms with Crippen LogP contribution in [0.5, 0.6) is 0 Å². The fourth-order valence-electron chi connectivity index (χ4n) is 3.57. The Morgan fingerprint density at radius 3 is 3.04 bits per heavy atom. The Morgan fingerprint density at radius 1 is 1.39 bits per heavy atom. The number of nitrogens with zero attached hydrogens (tertiary/aromatic N) is 1. The summed E-state index contributed by atoms with van der Waals surface area (Å²) in [7, 11) is 2.20. The van der Waals surface area contributed by atoms with Gasteiger partial charge >= 0.3 is 0 Å². The van der Waals surface area contributed by atoms with Crippen molar-refractivity contribution in [2.24, 2.45) is 0 Å². The number of likely N-dealkylation sites (N-methyl/N-ethyl adjacent to an activating group) is 1. The van der Waals surface area contributed by atoms with E-state index in [0.29, 0.717) is 18.1 Å². The summed E-state index contributed by atoms with van der Waals surface area (Å²) < 4.78 is 0. The lowest BCUT2D eigenvalue weighted by atomic mass is 9.96. The summed E-state index contributed by atoms with van der Waals surface area (Å²) in [5, 5.41) is 11.7. The number of thiophene rings is 1. The van der Waals surface area contributed by atoms with Crippen molar-refractivity contribution in [2.75, 3.05) is 20.1 Å². The number of hydrogen-bond acceptors (Lipinski definition) is 3. The van der Waals surface area contributed by atoms with Crippen molar-refractivity contribution in [3.05, 3.63) is 57.9 Å². The SMILES string of the molecule is CN1CCC(c2c[nH]c3ccc(CC(=N)c4cccs4)cc23)C1. The molecule has 118 valence electrons. The number of likely N-dealkylation sites (tertiary alicyclic amines) is 1. The van der Waals surface area contributed by atoms with Gasteiger partial charge in [0.1, 0.15) is 0 Å². The van der Waals surface area contributed by atoms with Gasteiger partial charge in [-0.15, -0.1) is 11.3 Å². The van der Waals surface area contributed by atoms with Gasteiger partial charge in [0.05, 0.1) is 5.71 Å². The molecular weight excluding hydrogens is 302 g/mol. The second-order valence-electron chi connectivity index (χ2n) is 6.50. The van der Waals surface area contributed by atoms with Crippen LogP contribution in [0.2, 0.25) is 0 Å². The second-order valence-corrected chi connectivity index (χ2v) is 7.45. The van der Waals surface area contributed by atoms with Crippen molar-refractivity contribution < 1.29 is 0 Å². The van der Waals surface area contributed by atoms with Crippen LogP contribution < -0.4 is 0 Å². The minimum Gasteiger partial charge on any atom is -0.361 e. The minimum absolute atomic E-state index is 0.626. The van der Waals surface area contributed by atoms with E-state index in [2.05, 4.69) is 41.3 Å². The lowest BCUT2D eigenvalue weighted by Crippen LogP contribution is -2.13. The molecule has 2 N–H and O–H groups in total. The Hall–Kier alpha value is -1.91. The molecule has 0 amide bonds. The normalized spacial score (nSPS) is 18.7. The van der Waals surface area contributed by atoms with Crippen LogP contribution in [-0.2, 0) is 6.42 Å². The molecular formula is C19H21N3S. The maximum absolute atomic E-state index is 8.30.